The van der Waals surface area contributed by atoms with Crippen LogP contribution in [0.4, 0.5) is 5.69 Å². The molecule has 0 fully saturated rings. The van der Waals surface area contributed by atoms with Crippen LogP contribution in [0.3, 0.4) is 0 Å². The standard InChI is InChI=1S/C20H22N2O3S/c1-13-5-7-15(8-6-13)12-21-26(24,25)17-10-16-4-3-9-22-19(16)18(11-17)14(2)20(22)23/h5-8,10-11,14,21H,3-4,9,12H2,1-2H3/t14-/m0/s1. The number of anilines is 1. The van der Waals surface area contributed by atoms with Crippen LogP contribution >= 0.6 is 0 Å². The summed E-state index contributed by atoms with van der Waals surface area (Å²) in [6.07, 6.45) is 1.67. The van der Waals surface area contributed by atoms with E-state index in [1.807, 2.05) is 43.0 Å². The van der Waals surface area contributed by atoms with Crippen LogP contribution < -0.4 is 9.62 Å². The highest BCUT2D eigenvalue weighted by Crippen LogP contribution is 2.43. The molecule has 4 rings (SSSR count). The molecule has 0 unspecified atom stereocenters. The van der Waals surface area contributed by atoms with E-state index in [1.165, 1.54) is 0 Å². The maximum absolute atomic E-state index is 12.8. The SMILES string of the molecule is Cc1ccc(CNS(=O)(=O)c2cc3c4c(c2)[C@H](C)C(=O)N4CCC3)cc1. The highest BCUT2D eigenvalue weighted by molar-refractivity contribution is 7.89. The number of aryl methyl sites for hydroxylation is 2. The van der Waals surface area contributed by atoms with Gasteiger partial charge in [-0.15, -0.1) is 0 Å². The molecule has 0 spiro atoms. The van der Waals surface area contributed by atoms with E-state index in [0.29, 0.717) is 0 Å². The summed E-state index contributed by atoms with van der Waals surface area (Å²) in [6.45, 7) is 4.82. The average molecular weight is 370 g/mol. The summed E-state index contributed by atoms with van der Waals surface area (Å²) < 4.78 is 28.3. The predicted octanol–water partition coefficient (Wildman–Crippen LogP) is 2.87. The third-order valence-electron chi connectivity index (χ3n) is 5.29. The highest BCUT2D eigenvalue weighted by atomic mass is 32.2. The van der Waals surface area contributed by atoms with E-state index < -0.39 is 10.0 Å². The Bertz CT molecular complexity index is 981. The number of amides is 1. The molecule has 0 radical (unpaired) electrons. The number of hydrogen-bond acceptors (Lipinski definition) is 3. The predicted molar refractivity (Wildman–Crippen MR) is 101 cm³/mol. The third kappa shape index (κ3) is 2.83. The molecular formula is C20H22N2O3S. The molecule has 0 saturated carbocycles. The number of hydrogen-bond donors (Lipinski definition) is 1. The van der Waals surface area contributed by atoms with Gasteiger partial charge in [0.2, 0.25) is 15.9 Å². The fraction of sp³-hybridized carbons (Fsp3) is 0.350. The number of nitrogens with zero attached hydrogens (tertiary/aromatic N) is 1. The van der Waals surface area contributed by atoms with Crippen LogP contribution in [-0.2, 0) is 27.8 Å². The molecule has 0 saturated heterocycles. The molecule has 2 heterocycles. The van der Waals surface area contributed by atoms with E-state index in [-0.39, 0.29) is 23.3 Å². The van der Waals surface area contributed by atoms with Crippen LogP contribution in [0.25, 0.3) is 0 Å². The van der Waals surface area contributed by atoms with Crippen molar-refractivity contribution in [1.82, 2.24) is 4.72 Å². The van der Waals surface area contributed by atoms with Gasteiger partial charge in [-0.3, -0.25) is 4.79 Å². The topological polar surface area (TPSA) is 66.5 Å². The first-order valence-corrected chi connectivity index (χ1v) is 10.4. The normalized spacial score (nSPS) is 18.9. The number of rotatable bonds is 4. The summed E-state index contributed by atoms with van der Waals surface area (Å²) in [7, 11) is -3.64. The molecule has 2 aromatic carbocycles. The molecule has 1 atom stereocenters. The molecule has 136 valence electrons. The molecule has 0 aromatic heterocycles. The van der Waals surface area contributed by atoms with Crippen LogP contribution in [0, 0.1) is 6.92 Å². The van der Waals surface area contributed by atoms with Gasteiger partial charge in [0.1, 0.15) is 0 Å². The Morgan fingerprint density at radius 2 is 1.92 bits per heavy atom. The first kappa shape index (κ1) is 17.2. The Morgan fingerprint density at radius 3 is 2.65 bits per heavy atom. The van der Waals surface area contributed by atoms with Gasteiger partial charge in [0.05, 0.1) is 16.5 Å². The van der Waals surface area contributed by atoms with Crippen molar-refractivity contribution >= 4 is 21.6 Å². The van der Waals surface area contributed by atoms with E-state index in [4.69, 9.17) is 0 Å². The Kier molecular flexibility index (Phi) is 4.12. The summed E-state index contributed by atoms with van der Waals surface area (Å²) in [5, 5.41) is 0. The van der Waals surface area contributed by atoms with Gasteiger partial charge in [-0.2, -0.15) is 0 Å². The van der Waals surface area contributed by atoms with Gasteiger partial charge in [0.15, 0.2) is 0 Å². The monoisotopic (exact) mass is 370 g/mol. The van der Waals surface area contributed by atoms with Crippen molar-refractivity contribution in [3.63, 3.8) is 0 Å². The van der Waals surface area contributed by atoms with Crippen LogP contribution in [-0.4, -0.2) is 20.9 Å². The summed E-state index contributed by atoms with van der Waals surface area (Å²) in [6, 6.07) is 11.2. The van der Waals surface area contributed by atoms with Crippen LogP contribution in [0.2, 0.25) is 0 Å². The second-order valence-electron chi connectivity index (χ2n) is 7.15. The number of nitrogens with one attached hydrogen (secondary N) is 1. The smallest absolute Gasteiger partial charge is 0.240 e. The van der Waals surface area contributed by atoms with Gasteiger partial charge in [-0.1, -0.05) is 29.8 Å². The Balaban J connectivity index is 1.65. The van der Waals surface area contributed by atoms with Crippen LogP contribution in [0.15, 0.2) is 41.3 Å². The molecular weight excluding hydrogens is 348 g/mol. The summed E-state index contributed by atoms with van der Waals surface area (Å²) in [5.74, 6) is -0.211. The zero-order valence-electron chi connectivity index (χ0n) is 15.0. The van der Waals surface area contributed by atoms with E-state index in [9.17, 15) is 13.2 Å². The number of benzene rings is 2. The zero-order chi connectivity index (χ0) is 18.5. The zero-order valence-corrected chi connectivity index (χ0v) is 15.8. The molecule has 6 heteroatoms. The molecule has 0 bridgehead atoms. The lowest BCUT2D eigenvalue weighted by atomic mass is 9.97. The van der Waals surface area contributed by atoms with Crippen molar-refractivity contribution < 1.29 is 13.2 Å². The molecule has 1 amide bonds. The lowest BCUT2D eigenvalue weighted by Gasteiger charge is -2.26. The van der Waals surface area contributed by atoms with Gasteiger partial charge in [0.25, 0.3) is 0 Å². The summed E-state index contributed by atoms with van der Waals surface area (Å²) in [4.78, 5) is 14.5. The fourth-order valence-electron chi connectivity index (χ4n) is 3.79. The molecule has 2 aliphatic heterocycles. The van der Waals surface area contributed by atoms with E-state index >= 15 is 0 Å². The third-order valence-corrected chi connectivity index (χ3v) is 6.67. The molecule has 1 N–H and O–H groups in total. The van der Waals surface area contributed by atoms with Crippen molar-refractivity contribution in [3.05, 3.63) is 58.7 Å². The van der Waals surface area contributed by atoms with Crippen LogP contribution in [0.1, 0.15) is 41.5 Å². The number of carbonyl (C=O) groups is 1. The van der Waals surface area contributed by atoms with Crippen molar-refractivity contribution in [3.8, 4) is 0 Å². The Labute approximate surface area is 154 Å². The molecule has 2 aliphatic rings. The van der Waals surface area contributed by atoms with Crippen molar-refractivity contribution in [2.75, 3.05) is 11.4 Å². The fourth-order valence-corrected chi connectivity index (χ4v) is 4.89. The summed E-state index contributed by atoms with van der Waals surface area (Å²) in [5.41, 5.74) is 4.78. The second kappa shape index (κ2) is 6.21. The Morgan fingerprint density at radius 1 is 1.19 bits per heavy atom. The van der Waals surface area contributed by atoms with Gasteiger partial charge < -0.3 is 4.90 Å². The molecule has 26 heavy (non-hydrogen) atoms. The maximum Gasteiger partial charge on any atom is 0.240 e. The van der Waals surface area contributed by atoms with Gasteiger partial charge in [-0.05, 0) is 55.5 Å². The van der Waals surface area contributed by atoms with Crippen molar-refractivity contribution in [1.29, 1.82) is 0 Å². The minimum absolute atomic E-state index is 0.0723. The number of sulfonamides is 1. The largest absolute Gasteiger partial charge is 0.311 e. The van der Waals surface area contributed by atoms with E-state index in [1.54, 1.807) is 12.1 Å². The Hall–Kier alpha value is -2.18. The van der Waals surface area contributed by atoms with E-state index in [2.05, 4.69) is 4.72 Å². The van der Waals surface area contributed by atoms with Gasteiger partial charge in [-0.25, -0.2) is 13.1 Å². The van der Waals surface area contributed by atoms with Gasteiger partial charge >= 0.3 is 0 Å². The minimum atomic E-state index is -3.64. The average Bonchev–Trinajstić information content (AvgIpc) is 2.88. The first-order valence-electron chi connectivity index (χ1n) is 8.90. The van der Waals surface area contributed by atoms with Gasteiger partial charge in [0, 0.05) is 13.1 Å². The highest BCUT2D eigenvalue weighted by Gasteiger charge is 2.38. The second-order valence-corrected chi connectivity index (χ2v) is 8.91. The van der Waals surface area contributed by atoms with Crippen molar-refractivity contribution in [2.45, 2.75) is 44.0 Å². The number of carbonyl (C=O) groups excluding carboxylic acids is 1. The molecule has 2 aromatic rings. The quantitative estimate of drug-likeness (QED) is 0.900. The van der Waals surface area contributed by atoms with Crippen LogP contribution in [0.5, 0.6) is 0 Å². The minimum Gasteiger partial charge on any atom is -0.311 e. The maximum atomic E-state index is 12.8. The molecule has 0 aliphatic carbocycles. The lowest BCUT2D eigenvalue weighted by Crippen LogP contribution is -2.32. The lowest BCUT2D eigenvalue weighted by molar-refractivity contribution is -0.119. The summed E-state index contributed by atoms with van der Waals surface area (Å²) >= 11 is 0. The van der Waals surface area contributed by atoms with Crippen molar-refractivity contribution in [2.24, 2.45) is 0 Å². The molecule has 5 nitrogen and oxygen atoms in total. The first-order chi connectivity index (χ1) is 12.4. The van der Waals surface area contributed by atoms with E-state index in [0.717, 1.165) is 47.3 Å².